The first-order chi connectivity index (χ1) is 8.47. The maximum absolute atomic E-state index is 12.1. The van der Waals surface area contributed by atoms with Crippen LogP contribution in [0.5, 0.6) is 0 Å². The van der Waals surface area contributed by atoms with E-state index < -0.39 is 17.8 Å². The predicted molar refractivity (Wildman–Crippen MR) is 67.4 cm³/mol. The summed E-state index contributed by atoms with van der Waals surface area (Å²) in [6.07, 6.45) is 0. The average molecular weight is 250 g/mol. The quantitative estimate of drug-likeness (QED) is 0.787. The summed E-state index contributed by atoms with van der Waals surface area (Å²) >= 11 is 0. The molecule has 0 fully saturated rings. The molecule has 0 saturated heterocycles. The van der Waals surface area contributed by atoms with Crippen molar-refractivity contribution in [1.29, 1.82) is 0 Å². The highest BCUT2D eigenvalue weighted by atomic mass is 16.5. The van der Waals surface area contributed by atoms with Crippen molar-refractivity contribution < 1.29 is 19.4 Å². The van der Waals surface area contributed by atoms with Crippen LogP contribution < -0.4 is 0 Å². The van der Waals surface area contributed by atoms with Crippen LogP contribution in [0.25, 0.3) is 0 Å². The van der Waals surface area contributed by atoms with Gasteiger partial charge in [-0.05, 0) is 11.6 Å². The first-order valence-corrected chi connectivity index (χ1v) is 5.82. The smallest absolute Gasteiger partial charge is 0.306 e. The molecule has 1 rings (SSSR count). The van der Waals surface area contributed by atoms with E-state index in [4.69, 9.17) is 9.84 Å². The van der Waals surface area contributed by atoms with Crippen molar-refractivity contribution in [2.24, 2.45) is 11.8 Å². The van der Waals surface area contributed by atoms with Crippen LogP contribution in [-0.4, -0.2) is 24.0 Å². The van der Waals surface area contributed by atoms with Crippen molar-refractivity contribution >= 4 is 11.8 Å². The molecule has 18 heavy (non-hydrogen) atoms. The molecule has 0 aliphatic rings. The maximum atomic E-state index is 12.1. The van der Waals surface area contributed by atoms with Crippen LogP contribution in [-0.2, 0) is 16.1 Å². The molecule has 0 amide bonds. The molecule has 0 heterocycles. The van der Waals surface area contributed by atoms with E-state index in [0.29, 0.717) is 12.2 Å². The van der Waals surface area contributed by atoms with Gasteiger partial charge in [0.05, 0.1) is 12.5 Å². The lowest BCUT2D eigenvalue weighted by atomic mass is 9.88. The molecule has 0 saturated carbocycles. The van der Waals surface area contributed by atoms with Crippen LogP contribution in [0.1, 0.15) is 29.8 Å². The second-order valence-corrected chi connectivity index (χ2v) is 4.41. The van der Waals surface area contributed by atoms with Gasteiger partial charge in [-0.15, -0.1) is 0 Å². The van der Waals surface area contributed by atoms with Crippen LogP contribution in [0.2, 0.25) is 0 Å². The number of carbonyl (C=O) groups excluding carboxylic acids is 1. The number of ketones is 1. The lowest BCUT2D eigenvalue weighted by Crippen LogP contribution is -2.25. The van der Waals surface area contributed by atoms with E-state index in [1.165, 1.54) is 0 Å². The molecule has 4 heteroatoms. The lowest BCUT2D eigenvalue weighted by Gasteiger charge is -2.15. The van der Waals surface area contributed by atoms with Gasteiger partial charge in [0, 0.05) is 18.6 Å². The number of hydrogen-bond acceptors (Lipinski definition) is 3. The standard InChI is InChI=1S/C14H18O4/c1-9(10(2)14(16)17)13(15)12-6-4-5-11(7-12)8-18-3/h4-7,9-10H,8H2,1-3H3,(H,16,17). The Balaban J connectivity index is 2.89. The molecule has 98 valence electrons. The van der Waals surface area contributed by atoms with Gasteiger partial charge < -0.3 is 9.84 Å². The summed E-state index contributed by atoms with van der Waals surface area (Å²) in [6.45, 7) is 3.62. The number of ether oxygens (including phenoxy) is 1. The van der Waals surface area contributed by atoms with Crippen molar-refractivity contribution in [3.8, 4) is 0 Å². The van der Waals surface area contributed by atoms with E-state index in [2.05, 4.69) is 0 Å². The summed E-state index contributed by atoms with van der Waals surface area (Å²) in [7, 11) is 1.59. The zero-order valence-electron chi connectivity index (χ0n) is 10.8. The van der Waals surface area contributed by atoms with Crippen molar-refractivity contribution in [1.82, 2.24) is 0 Å². The zero-order chi connectivity index (χ0) is 13.7. The number of benzene rings is 1. The monoisotopic (exact) mass is 250 g/mol. The predicted octanol–water partition coefficient (Wildman–Crippen LogP) is 2.37. The minimum absolute atomic E-state index is 0.150. The van der Waals surface area contributed by atoms with Gasteiger partial charge in [0.15, 0.2) is 5.78 Å². The minimum atomic E-state index is -0.955. The fourth-order valence-corrected chi connectivity index (χ4v) is 1.68. The van der Waals surface area contributed by atoms with Gasteiger partial charge in [-0.1, -0.05) is 32.0 Å². The Morgan fingerprint density at radius 1 is 1.28 bits per heavy atom. The normalized spacial score (nSPS) is 13.9. The van der Waals surface area contributed by atoms with Crippen molar-refractivity contribution in [2.75, 3.05) is 7.11 Å². The average Bonchev–Trinajstić information content (AvgIpc) is 2.36. The number of rotatable bonds is 6. The Hall–Kier alpha value is -1.68. The van der Waals surface area contributed by atoms with Gasteiger partial charge in [0.2, 0.25) is 0 Å². The number of Topliss-reactive ketones (excluding diaryl/α,β-unsaturated/α-hetero) is 1. The Morgan fingerprint density at radius 3 is 2.50 bits per heavy atom. The van der Waals surface area contributed by atoms with E-state index in [0.717, 1.165) is 5.56 Å². The summed E-state index contributed by atoms with van der Waals surface area (Å²) in [5, 5.41) is 8.91. The first kappa shape index (κ1) is 14.4. The molecule has 2 atom stereocenters. The van der Waals surface area contributed by atoms with Gasteiger partial charge in [0.1, 0.15) is 0 Å². The Bertz CT molecular complexity index is 439. The molecule has 1 N–H and O–H groups in total. The molecule has 0 aromatic heterocycles. The highest BCUT2D eigenvalue weighted by Gasteiger charge is 2.26. The molecular weight excluding hydrogens is 232 g/mol. The molecule has 0 bridgehead atoms. The van der Waals surface area contributed by atoms with Gasteiger partial charge in [0.25, 0.3) is 0 Å². The molecule has 0 aliphatic heterocycles. The number of carbonyl (C=O) groups is 2. The zero-order valence-corrected chi connectivity index (χ0v) is 10.8. The van der Waals surface area contributed by atoms with Crippen LogP contribution in [0.15, 0.2) is 24.3 Å². The number of methoxy groups -OCH3 is 1. The van der Waals surface area contributed by atoms with E-state index in [1.807, 2.05) is 6.07 Å². The van der Waals surface area contributed by atoms with E-state index in [-0.39, 0.29) is 5.78 Å². The van der Waals surface area contributed by atoms with Crippen LogP contribution in [0.4, 0.5) is 0 Å². The van der Waals surface area contributed by atoms with Crippen LogP contribution in [0.3, 0.4) is 0 Å². The summed E-state index contributed by atoms with van der Waals surface area (Å²) < 4.78 is 5.00. The SMILES string of the molecule is COCc1cccc(C(=O)C(C)C(C)C(=O)O)c1. The minimum Gasteiger partial charge on any atom is -0.481 e. The fourth-order valence-electron chi connectivity index (χ4n) is 1.68. The molecule has 1 aromatic rings. The molecule has 2 unspecified atom stereocenters. The molecular formula is C14H18O4. The third kappa shape index (κ3) is 3.40. The second kappa shape index (κ2) is 6.31. The van der Waals surface area contributed by atoms with Crippen LogP contribution >= 0.6 is 0 Å². The van der Waals surface area contributed by atoms with Gasteiger partial charge in [-0.2, -0.15) is 0 Å². The summed E-state index contributed by atoms with van der Waals surface area (Å²) in [5.41, 5.74) is 1.43. The largest absolute Gasteiger partial charge is 0.481 e. The Labute approximate surface area is 107 Å². The highest BCUT2D eigenvalue weighted by molar-refractivity contribution is 5.99. The molecule has 1 aromatic carbocycles. The first-order valence-electron chi connectivity index (χ1n) is 5.82. The highest BCUT2D eigenvalue weighted by Crippen LogP contribution is 2.18. The van der Waals surface area contributed by atoms with Crippen molar-refractivity contribution in [3.63, 3.8) is 0 Å². The molecule has 4 nitrogen and oxygen atoms in total. The maximum Gasteiger partial charge on any atom is 0.306 e. The van der Waals surface area contributed by atoms with Gasteiger partial charge >= 0.3 is 5.97 Å². The topological polar surface area (TPSA) is 63.6 Å². The van der Waals surface area contributed by atoms with Gasteiger partial charge in [-0.25, -0.2) is 0 Å². The third-order valence-corrected chi connectivity index (χ3v) is 3.08. The van der Waals surface area contributed by atoms with E-state index in [9.17, 15) is 9.59 Å². The fraction of sp³-hybridized carbons (Fsp3) is 0.429. The van der Waals surface area contributed by atoms with E-state index >= 15 is 0 Å². The number of carboxylic acid groups (broad SMARTS) is 1. The summed E-state index contributed by atoms with van der Waals surface area (Å²) in [4.78, 5) is 23.0. The third-order valence-electron chi connectivity index (χ3n) is 3.08. The van der Waals surface area contributed by atoms with Crippen LogP contribution in [0, 0.1) is 11.8 Å². The molecule has 0 radical (unpaired) electrons. The summed E-state index contributed by atoms with van der Waals surface area (Å²) in [5.74, 6) is -2.34. The molecule has 0 aliphatic carbocycles. The molecule has 0 spiro atoms. The second-order valence-electron chi connectivity index (χ2n) is 4.41. The van der Waals surface area contributed by atoms with Crippen molar-refractivity contribution in [2.45, 2.75) is 20.5 Å². The number of hydrogen-bond donors (Lipinski definition) is 1. The Morgan fingerprint density at radius 2 is 1.94 bits per heavy atom. The number of aliphatic carboxylic acids is 1. The van der Waals surface area contributed by atoms with E-state index in [1.54, 1.807) is 39.2 Å². The lowest BCUT2D eigenvalue weighted by molar-refractivity contribution is -0.142. The summed E-state index contributed by atoms with van der Waals surface area (Å²) in [6, 6.07) is 7.09. The Kier molecular flexibility index (Phi) is 5.04. The number of carboxylic acids is 1. The van der Waals surface area contributed by atoms with Crippen molar-refractivity contribution in [3.05, 3.63) is 35.4 Å². The van der Waals surface area contributed by atoms with Gasteiger partial charge in [-0.3, -0.25) is 9.59 Å².